The fourth-order valence-electron chi connectivity index (χ4n) is 3.14. The predicted molar refractivity (Wildman–Crippen MR) is 92.9 cm³/mol. The summed E-state index contributed by atoms with van der Waals surface area (Å²) in [4.78, 5) is 12.5. The van der Waals surface area contributed by atoms with Gasteiger partial charge in [0.1, 0.15) is 11.5 Å². The summed E-state index contributed by atoms with van der Waals surface area (Å²) in [6, 6.07) is 7.99. The van der Waals surface area contributed by atoms with Gasteiger partial charge in [-0.15, -0.1) is 0 Å². The molecule has 0 unspecified atom stereocenters. The summed E-state index contributed by atoms with van der Waals surface area (Å²) in [6.07, 6.45) is 2.51. The maximum atomic E-state index is 12.5. The van der Waals surface area contributed by atoms with E-state index >= 15 is 0 Å². The van der Waals surface area contributed by atoms with Crippen LogP contribution in [0.3, 0.4) is 0 Å². The molecule has 1 aromatic heterocycles. The van der Waals surface area contributed by atoms with Crippen LogP contribution in [0.1, 0.15) is 46.2 Å². The van der Waals surface area contributed by atoms with Gasteiger partial charge < -0.3 is 19.4 Å². The molecule has 1 N–H and O–H groups in total. The predicted octanol–water partition coefficient (Wildman–Crippen LogP) is 3.39. The molecule has 0 aliphatic heterocycles. The summed E-state index contributed by atoms with van der Waals surface area (Å²) in [5.41, 5.74) is 4.21. The molecular formula is C19H24N2O3. The van der Waals surface area contributed by atoms with E-state index in [1.165, 1.54) is 29.8 Å². The van der Waals surface area contributed by atoms with Gasteiger partial charge in [-0.25, -0.2) is 0 Å². The van der Waals surface area contributed by atoms with Crippen molar-refractivity contribution in [2.75, 3.05) is 14.2 Å². The number of nitrogens with zero attached hydrogens (tertiary/aromatic N) is 1. The standard InChI is InChI=1S/C19H24N2O3/c1-12-7-15(13(2)21(12)16-5-6-16)11-20-19(22)14-8-17(23-3)10-18(9-14)24-4/h7-10,16H,5-6,11H2,1-4H3,(H,20,22). The quantitative estimate of drug-likeness (QED) is 0.884. The molecule has 24 heavy (non-hydrogen) atoms. The lowest BCUT2D eigenvalue weighted by molar-refractivity contribution is 0.0950. The third kappa shape index (κ3) is 3.25. The van der Waals surface area contributed by atoms with E-state index in [9.17, 15) is 4.79 Å². The average molecular weight is 328 g/mol. The monoisotopic (exact) mass is 328 g/mol. The zero-order valence-corrected chi connectivity index (χ0v) is 14.7. The van der Waals surface area contributed by atoms with Crippen LogP contribution in [0, 0.1) is 13.8 Å². The van der Waals surface area contributed by atoms with Gasteiger partial charge in [-0.3, -0.25) is 4.79 Å². The molecule has 1 heterocycles. The Balaban J connectivity index is 1.73. The minimum Gasteiger partial charge on any atom is -0.497 e. The van der Waals surface area contributed by atoms with Gasteiger partial charge in [0.2, 0.25) is 0 Å². The Labute approximate surface area is 142 Å². The topological polar surface area (TPSA) is 52.5 Å². The maximum absolute atomic E-state index is 12.5. The summed E-state index contributed by atoms with van der Waals surface area (Å²) in [5.74, 6) is 1.07. The number of benzene rings is 1. The summed E-state index contributed by atoms with van der Waals surface area (Å²) in [5, 5.41) is 3.00. The summed E-state index contributed by atoms with van der Waals surface area (Å²) >= 11 is 0. The van der Waals surface area contributed by atoms with Crippen molar-refractivity contribution in [3.63, 3.8) is 0 Å². The van der Waals surface area contributed by atoms with E-state index in [2.05, 4.69) is 29.8 Å². The number of ether oxygens (including phenoxy) is 2. The highest BCUT2D eigenvalue weighted by Crippen LogP contribution is 2.38. The van der Waals surface area contributed by atoms with Gasteiger partial charge in [0, 0.05) is 35.6 Å². The Morgan fingerprint density at radius 2 is 1.75 bits per heavy atom. The molecule has 0 spiro atoms. The normalized spacial score (nSPS) is 13.7. The van der Waals surface area contributed by atoms with E-state index in [0.717, 1.165) is 0 Å². The molecule has 1 aliphatic rings. The van der Waals surface area contributed by atoms with Gasteiger partial charge in [-0.2, -0.15) is 0 Å². The number of nitrogens with one attached hydrogen (secondary N) is 1. The molecule has 1 saturated carbocycles. The lowest BCUT2D eigenvalue weighted by Gasteiger charge is -2.10. The minimum atomic E-state index is -0.136. The first-order valence-electron chi connectivity index (χ1n) is 8.22. The largest absolute Gasteiger partial charge is 0.497 e. The van der Waals surface area contributed by atoms with E-state index in [-0.39, 0.29) is 5.91 Å². The number of aromatic nitrogens is 1. The summed E-state index contributed by atoms with van der Waals surface area (Å²) < 4.78 is 12.8. The van der Waals surface area contributed by atoms with E-state index in [1.54, 1.807) is 32.4 Å². The number of carbonyl (C=O) groups is 1. The van der Waals surface area contributed by atoms with E-state index in [4.69, 9.17) is 9.47 Å². The molecule has 5 nitrogen and oxygen atoms in total. The van der Waals surface area contributed by atoms with Crippen molar-refractivity contribution in [2.24, 2.45) is 0 Å². The van der Waals surface area contributed by atoms with Crippen LogP contribution in [0.2, 0.25) is 0 Å². The second-order valence-electron chi connectivity index (χ2n) is 6.28. The lowest BCUT2D eigenvalue weighted by Crippen LogP contribution is -2.23. The molecule has 0 atom stereocenters. The van der Waals surface area contributed by atoms with Crippen LogP contribution in [-0.4, -0.2) is 24.7 Å². The van der Waals surface area contributed by atoms with Crippen LogP contribution < -0.4 is 14.8 Å². The molecule has 0 radical (unpaired) electrons. The number of amides is 1. The van der Waals surface area contributed by atoms with Gasteiger partial charge in [0.05, 0.1) is 14.2 Å². The second-order valence-corrected chi connectivity index (χ2v) is 6.28. The average Bonchev–Trinajstić information content (AvgIpc) is 3.38. The number of aryl methyl sites for hydroxylation is 1. The van der Waals surface area contributed by atoms with Gasteiger partial charge in [-0.05, 0) is 50.5 Å². The molecule has 0 bridgehead atoms. The van der Waals surface area contributed by atoms with Crippen LogP contribution >= 0.6 is 0 Å². The van der Waals surface area contributed by atoms with Gasteiger partial charge in [0.25, 0.3) is 5.91 Å². The molecule has 1 aliphatic carbocycles. The van der Waals surface area contributed by atoms with Crippen LogP contribution in [0.5, 0.6) is 11.5 Å². The van der Waals surface area contributed by atoms with Crippen molar-refractivity contribution >= 4 is 5.91 Å². The smallest absolute Gasteiger partial charge is 0.251 e. The molecule has 3 rings (SSSR count). The zero-order valence-electron chi connectivity index (χ0n) is 14.7. The van der Waals surface area contributed by atoms with Crippen LogP contribution in [0.15, 0.2) is 24.3 Å². The highest BCUT2D eigenvalue weighted by molar-refractivity contribution is 5.95. The molecule has 1 amide bonds. The molecular weight excluding hydrogens is 304 g/mol. The van der Waals surface area contributed by atoms with Crippen LogP contribution in [-0.2, 0) is 6.54 Å². The third-order valence-electron chi connectivity index (χ3n) is 4.55. The van der Waals surface area contributed by atoms with Crippen molar-refractivity contribution in [1.29, 1.82) is 0 Å². The number of hydrogen-bond donors (Lipinski definition) is 1. The fraction of sp³-hybridized carbons (Fsp3) is 0.421. The second kappa shape index (κ2) is 6.59. The van der Waals surface area contributed by atoms with Crippen molar-refractivity contribution < 1.29 is 14.3 Å². The van der Waals surface area contributed by atoms with Gasteiger partial charge in [-0.1, -0.05) is 0 Å². The first-order chi connectivity index (χ1) is 11.5. The van der Waals surface area contributed by atoms with Crippen molar-refractivity contribution in [3.05, 3.63) is 46.8 Å². The number of rotatable bonds is 6. The van der Waals surface area contributed by atoms with Crippen molar-refractivity contribution in [3.8, 4) is 11.5 Å². The van der Waals surface area contributed by atoms with Crippen LogP contribution in [0.4, 0.5) is 0 Å². The number of hydrogen-bond acceptors (Lipinski definition) is 3. The molecule has 0 saturated heterocycles. The molecule has 128 valence electrons. The third-order valence-corrected chi connectivity index (χ3v) is 4.55. The zero-order chi connectivity index (χ0) is 17.3. The molecule has 1 aromatic carbocycles. The molecule has 2 aromatic rings. The Morgan fingerprint density at radius 1 is 1.12 bits per heavy atom. The number of carbonyl (C=O) groups excluding carboxylic acids is 1. The van der Waals surface area contributed by atoms with Crippen molar-refractivity contribution in [1.82, 2.24) is 9.88 Å². The first-order valence-corrected chi connectivity index (χ1v) is 8.22. The van der Waals surface area contributed by atoms with E-state index in [0.29, 0.717) is 29.6 Å². The molecule has 1 fully saturated rings. The molecule has 5 heteroatoms. The Kier molecular flexibility index (Phi) is 4.51. The number of methoxy groups -OCH3 is 2. The first kappa shape index (κ1) is 16.4. The van der Waals surface area contributed by atoms with E-state index < -0.39 is 0 Å². The van der Waals surface area contributed by atoms with Crippen molar-refractivity contribution in [2.45, 2.75) is 39.3 Å². The van der Waals surface area contributed by atoms with E-state index in [1.807, 2.05) is 0 Å². The van der Waals surface area contributed by atoms with Gasteiger partial charge in [0.15, 0.2) is 0 Å². The Morgan fingerprint density at radius 3 is 2.29 bits per heavy atom. The SMILES string of the molecule is COc1cc(OC)cc(C(=O)NCc2cc(C)n(C3CC3)c2C)c1. The lowest BCUT2D eigenvalue weighted by atomic mass is 10.1. The maximum Gasteiger partial charge on any atom is 0.251 e. The minimum absolute atomic E-state index is 0.136. The Bertz CT molecular complexity index is 738. The van der Waals surface area contributed by atoms with Gasteiger partial charge >= 0.3 is 0 Å². The highest BCUT2D eigenvalue weighted by atomic mass is 16.5. The Hall–Kier alpha value is -2.43. The highest BCUT2D eigenvalue weighted by Gasteiger charge is 2.26. The summed E-state index contributed by atoms with van der Waals surface area (Å²) in [7, 11) is 3.15. The summed E-state index contributed by atoms with van der Waals surface area (Å²) in [6.45, 7) is 4.77. The van der Waals surface area contributed by atoms with Crippen LogP contribution in [0.25, 0.3) is 0 Å². The fourth-order valence-corrected chi connectivity index (χ4v) is 3.14.